The van der Waals surface area contributed by atoms with Crippen LogP contribution in [0.3, 0.4) is 0 Å². The Morgan fingerprint density at radius 2 is 1.61 bits per heavy atom. The molecule has 0 aromatic carbocycles. The summed E-state index contributed by atoms with van der Waals surface area (Å²) in [4.78, 5) is 27.7. The zero-order valence-electron chi connectivity index (χ0n) is 23.1. The van der Waals surface area contributed by atoms with Crippen LogP contribution in [0, 0.1) is 45.3 Å². The number of carbonyl (C=O) groups excluding carboxylic acids is 2. The molecule has 1 aliphatic heterocycles. The summed E-state index contributed by atoms with van der Waals surface area (Å²) in [6, 6.07) is 0. The maximum absolute atomic E-state index is 14.3. The van der Waals surface area contributed by atoms with Gasteiger partial charge in [0.1, 0.15) is 11.5 Å². The van der Waals surface area contributed by atoms with E-state index >= 15 is 0 Å². The predicted molar refractivity (Wildman–Crippen MR) is 136 cm³/mol. The first-order chi connectivity index (χ1) is 16.5. The van der Waals surface area contributed by atoms with Gasteiger partial charge in [-0.1, -0.05) is 60.1 Å². The van der Waals surface area contributed by atoms with E-state index in [-0.39, 0.29) is 35.7 Å². The Hall–Kier alpha value is -1.50. The molecule has 5 aliphatic rings. The van der Waals surface area contributed by atoms with Gasteiger partial charge in [0.25, 0.3) is 0 Å². The molecule has 6 heteroatoms. The number of hydrogen-bond acceptors (Lipinski definition) is 6. The molecule has 200 valence electrons. The van der Waals surface area contributed by atoms with E-state index in [1.165, 1.54) is 0 Å². The molecule has 6 nitrogen and oxygen atoms in total. The average Bonchev–Trinajstić information content (AvgIpc) is 3.17. The lowest BCUT2D eigenvalue weighted by Crippen LogP contribution is -2.65. The normalized spacial score (nSPS) is 51.8. The van der Waals surface area contributed by atoms with Crippen molar-refractivity contribution in [2.75, 3.05) is 0 Å². The third kappa shape index (κ3) is 2.90. The number of rotatable bonds is 2. The first-order valence-corrected chi connectivity index (χ1v) is 13.7. The van der Waals surface area contributed by atoms with Gasteiger partial charge in [-0.2, -0.15) is 0 Å². The van der Waals surface area contributed by atoms with E-state index in [9.17, 15) is 24.9 Å². The predicted octanol–water partition coefficient (Wildman–Crippen LogP) is 3.97. The van der Waals surface area contributed by atoms with Crippen LogP contribution in [0.4, 0.5) is 0 Å². The number of aliphatic hydroxyl groups excluding tert-OH is 3. The maximum Gasteiger partial charge on any atom is 0.202 e. The Bertz CT molecular complexity index is 1070. The van der Waals surface area contributed by atoms with E-state index in [2.05, 4.69) is 26.8 Å². The van der Waals surface area contributed by atoms with Gasteiger partial charge in [-0.05, 0) is 48.9 Å². The largest absolute Gasteiger partial charge is 0.483 e. The van der Waals surface area contributed by atoms with Crippen molar-refractivity contribution in [2.45, 2.75) is 105 Å². The van der Waals surface area contributed by atoms with Crippen LogP contribution in [-0.2, 0) is 14.3 Å². The lowest BCUT2D eigenvalue weighted by atomic mass is 9.38. The molecule has 10 atom stereocenters. The summed E-state index contributed by atoms with van der Waals surface area (Å²) < 4.78 is 6.34. The summed E-state index contributed by atoms with van der Waals surface area (Å²) in [5, 5.41) is 33.2. The molecule has 0 bridgehead atoms. The first-order valence-electron chi connectivity index (χ1n) is 13.7. The lowest BCUT2D eigenvalue weighted by Gasteiger charge is -2.65. The highest BCUT2D eigenvalue weighted by Crippen LogP contribution is 2.74. The highest BCUT2D eigenvalue weighted by molar-refractivity contribution is 6.00. The van der Waals surface area contributed by atoms with Crippen molar-refractivity contribution in [1.29, 1.82) is 0 Å². The second-order valence-corrected chi connectivity index (χ2v) is 14.2. The topological polar surface area (TPSA) is 104 Å². The van der Waals surface area contributed by atoms with E-state index < -0.39 is 51.5 Å². The van der Waals surface area contributed by atoms with Crippen LogP contribution in [0.15, 0.2) is 23.5 Å². The maximum atomic E-state index is 14.3. The van der Waals surface area contributed by atoms with E-state index in [0.717, 1.165) is 5.57 Å². The number of carbonyl (C=O) groups is 2. The number of ether oxygens (including phenoxy) is 1. The molecule has 0 aromatic heterocycles. The number of fused-ring (bicyclic) bond motifs is 5. The van der Waals surface area contributed by atoms with Crippen molar-refractivity contribution in [3.8, 4) is 0 Å². The van der Waals surface area contributed by atoms with Crippen LogP contribution < -0.4 is 0 Å². The lowest BCUT2D eigenvalue weighted by molar-refractivity contribution is -0.187. The Balaban J connectivity index is 1.60. The van der Waals surface area contributed by atoms with Crippen molar-refractivity contribution in [2.24, 2.45) is 45.3 Å². The molecule has 3 N–H and O–H groups in total. The van der Waals surface area contributed by atoms with E-state index in [1.54, 1.807) is 13.0 Å². The summed E-state index contributed by atoms with van der Waals surface area (Å²) in [7, 11) is 0. The van der Waals surface area contributed by atoms with E-state index in [1.807, 2.05) is 27.7 Å². The fraction of sp³-hybridized carbons (Fsp3) is 0.800. The van der Waals surface area contributed by atoms with Gasteiger partial charge in [0.05, 0.1) is 18.3 Å². The standard InChI is InChI=1S/C30H44O6/c1-15(2)20-12-22(33)30(8,36-20)24-19(32)13-27(5)21-10-9-16-17(11-18(31)25(35)26(16,3)4)29(21,7)23(34)14-28(24,27)6/h9,12,15,17-19,21,24-25,31-32,35H,10-11,13-14H2,1-8H3/t17-,18+,19-,21+,24+,25-,27+,28-,29+,30-/m1/s1. The summed E-state index contributed by atoms with van der Waals surface area (Å²) >= 11 is 0. The molecule has 0 spiro atoms. The summed E-state index contributed by atoms with van der Waals surface area (Å²) in [6.45, 7) is 16.0. The number of aliphatic hydroxyl groups is 3. The number of Topliss-reactive ketones (excluding diaryl/α,β-unsaturated/α-hetero) is 1. The Morgan fingerprint density at radius 1 is 0.972 bits per heavy atom. The third-order valence-corrected chi connectivity index (χ3v) is 11.9. The monoisotopic (exact) mass is 500 g/mol. The summed E-state index contributed by atoms with van der Waals surface area (Å²) in [6.07, 6.45) is 3.03. The minimum absolute atomic E-state index is 0.0551. The van der Waals surface area contributed by atoms with Crippen molar-refractivity contribution >= 4 is 11.6 Å². The first kappa shape index (κ1) is 26.1. The van der Waals surface area contributed by atoms with E-state index in [4.69, 9.17) is 4.74 Å². The van der Waals surface area contributed by atoms with Crippen LogP contribution in [0.25, 0.3) is 0 Å². The van der Waals surface area contributed by atoms with Crippen LogP contribution >= 0.6 is 0 Å². The van der Waals surface area contributed by atoms with Crippen molar-refractivity contribution < 1.29 is 29.6 Å². The van der Waals surface area contributed by atoms with Gasteiger partial charge in [0.2, 0.25) is 5.78 Å². The molecule has 5 rings (SSSR count). The van der Waals surface area contributed by atoms with Crippen molar-refractivity contribution in [1.82, 2.24) is 0 Å². The van der Waals surface area contributed by atoms with Crippen molar-refractivity contribution in [3.63, 3.8) is 0 Å². The molecule has 3 saturated carbocycles. The number of ketones is 2. The van der Waals surface area contributed by atoms with Crippen LogP contribution in [0.1, 0.15) is 81.1 Å². The van der Waals surface area contributed by atoms with Crippen molar-refractivity contribution in [3.05, 3.63) is 23.5 Å². The number of hydrogen-bond donors (Lipinski definition) is 3. The zero-order chi connectivity index (χ0) is 26.8. The molecular formula is C30H44O6. The quantitative estimate of drug-likeness (QED) is 0.496. The molecular weight excluding hydrogens is 456 g/mol. The minimum atomic E-state index is -1.21. The molecule has 0 aromatic rings. The second kappa shape index (κ2) is 7.54. The Labute approximate surface area is 215 Å². The van der Waals surface area contributed by atoms with Gasteiger partial charge in [0.15, 0.2) is 5.60 Å². The summed E-state index contributed by atoms with van der Waals surface area (Å²) in [5.74, 6) is -0.0242. The zero-order valence-corrected chi connectivity index (χ0v) is 23.1. The van der Waals surface area contributed by atoms with Gasteiger partial charge >= 0.3 is 0 Å². The van der Waals surface area contributed by atoms with Crippen LogP contribution in [0.2, 0.25) is 0 Å². The molecule has 1 heterocycles. The van der Waals surface area contributed by atoms with Gasteiger partial charge in [-0.3, -0.25) is 9.59 Å². The highest BCUT2D eigenvalue weighted by atomic mass is 16.5. The molecule has 0 unspecified atom stereocenters. The molecule has 0 amide bonds. The fourth-order valence-corrected chi connectivity index (χ4v) is 9.63. The highest BCUT2D eigenvalue weighted by Gasteiger charge is 2.75. The number of allylic oxidation sites excluding steroid dienone is 2. The van der Waals surface area contributed by atoms with Crippen LogP contribution in [-0.4, -0.2) is 50.8 Å². The molecule has 36 heavy (non-hydrogen) atoms. The second-order valence-electron chi connectivity index (χ2n) is 14.2. The Kier molecular flexibility index (Phi) is 5.47. The molecule has 3 fully saturated rings. The van der Waals surface area contributed by atoms with Gasteiger partial charge < -0.3 is 20.1 Å². The Morgan fingerprint density at radius 3 is 2.19 bits per heavy atom. The fourth-order valence-electron chi connectivity index (χ4n) is 9.63. The average molecular weight is 501 g/mol. The third-order valence-electron chi connectivity index (χ3n) is 11.9. The summed E-state index contributed by atoms with van der Waals surface area (Å²) in [5.41, 5.74) is -2.52. The SMILES string of the molecule is CC(C)C1=CC(=O)[C@](C)([C@H]2[C@H](O)C[C@@]3(C)[C@@H]4CC=C5[C@@H](C[C@H](O)[C@@H](O)C5(C)C)[C@]4(C)C(=O)C[C@]23C)O1. The molecule has 0 saturated heterocycles. The van der Waals surface area contributed by atoms with Gasteiger partial charge in [-0.25, -0.2) is 0 Å². The van der Waals surface area contributed by atoms with Gasteiger partial charge in [-0.15, -0.1) is 0 Å². The smallest absolute Gasteiger partial charge is 0.202 e. The molecule has 0 radical (unpaired) electrons. The minimum Gasteiger partial charge on any atom is -0.483 e. The molecule has 4 aliphatic carbocycles. The van der Waals surface area contributed by atoms with Crippen LogP contribution in [0.5, 0.6) is 0 Å². The van der Waals surface area contributed by atoms with E-state index in [0.29, 0.717) is 25.0 Å². The van der Waals surface area contributed by atoms with Gasteiger partial charge in [0, 0.05) is 35.2 Å².